The molecule has 10 aromatic rings. The maximum absolute atomic E-state index is 8.40. The van der Waals surface area contributed by atoms with Gasteiger partial charge in [0.25, 0.3) is 0 Å². The molecule has 0 unspecified atom stereocenters. The van der Waals surface area contributed by atoms with E-state index in [1.807, 2.05) is 36.7 Å². The summed E-state index contributed by atoms with van der Waals surface area (Å²) in [4.78, 5) is 26.2. The van der Waals surface area contributed by atoms with Crippen LogP contribution in [-0.4, -0.2) is 41.3 Å². The van der Waals surface area contributed by atoms with E-state index in [1.54, 1.807) is 0 Å². The van der Waals surface area contributed by atoms with Crippen LogP contribution in [0.25, 0.3) is 87.9 Å². The summed E-state index contributed by atoms with van der Waals surface area (Å²) in [5.41, 5.74) is 10.3. The Balaban J connectivity index is 0.000000209. The second-order valence-corrected chi connectivity index (χ2v) is 18.1. The van der Waals surface area contributed by atoms with Crippen LogP contribution in [0.2, 0.25) is 0 Å². The molecule has 6 nitrogen and oxygen atoms in total. The summed E-state index contributed by atoms with van der Waals surface area (Å²) in [5.74, 6) is 0.500. The van der Waals surface area contributed by atoms with Crippen LogP contribution in [0.1, 0.15) is 54.0 Å². The number of carbonyl (C=O) groups excluding carboxylic acids is 2. The van der Waals surface area contributed by atoms with E-state index in [2.05, 4.69) is 190 Å². The Labute approximate surface area is 449 Å². The molecule has 0 spiro atoms. The molecule has 0 saturated heterocycles. The van der Waals surface area contributed by atoms with Crippen molar-refractivity contribution in [3.05, 3.63) is 230 Å². The predicted molar refractivity (Wildman–Crippen MR) is 295 cm³/mol. The maximum atomic E-state index is 8.40. The molecular weight excluding hydrogens is 1250 g/mol. The number of allylic oxidation sites excluding steroid dienone is 4. The van der Waals surface area contributed by atoms with Crippen molar-refractivity contribution < 1.29 is 60.0 Å². The summed E-state index contributed by atoms with van der Waals surface area (Å²) in [6, 6.07) is 68.5. The zero-order valence-electron chi connectivity index (χ0n) is 41.4. The molecule has 8 heteroatoms. The molecular formula is C64H58Ir2N2O4. The Bertz CT molecular complexity index is 3490. The monoisotopic (exact) mass is 1300 g/mol. The quantitative estimate of drug-likeness (QED) is 0.0568. The second-order valence-electron chi connectivity index (χ2n) is 18.1. The number of aromatic nitrogens is 2. The molecule has 0 aliphatic heterocycles. The van der Waals surface area contributed by atoms with Gasteiger partial charge in [-0.1, -0.05) is 148 Å². The van der Waals surface area contributed by atoms with Crippen LogP contribution in [-0.2, 0) is 45.6 Å². The Morgan fingerprint density at radius 3 is 1.29 bits per heavy atom. The number of benzene rings is 8. The van der Waals surface area contributed by atoms with Gasteiger partial charge in [0.2, 0.25) is 0 Å². The molecule has 72 heavy (non-hydrogen) atoms. The molecule has 4 N–H and O–H groups in total. The van der Waals surface area contributed by atoms with E-state index in [0.717, 1.165) is 33.3 Å². The predicted octanol–water partition coefficient (Wildman–Crippen LogP) is 16.4. The average molecular weight is 1300 g/mol. The molecule has 2 heterocycles. The molecule has 2 radical (unpaired) electrons. The molecule has 10 rings (SSSR count). The minimum Gasteiger partial charge on any atom is -0.512 e. The van der Waals surface area contributed by atoms with Gasteiger partial charge in [-0.2, -0.15) is 0 Å². The van der Waals surface area contributed by atoms with Crippen LogP contribution in [0.5, 0.6) is 0 Å². The van der Waals surface area contributed by atoms with Crippen molar-refractivity contribution >= 4 is 54.7 Å². The van der Waals surface area contributed by atoms with Gasteiger partial charge >= 0.3 is 11.6 Å². The van der Waals surface area contributed by atoms with Crippen LogP contribution >= 0.6 is 0 Å². The largest absolute Gasteiger partial charge is 0.512 e. The number of aliphatic hydroxyl groups excluding tert-OH is 2. The van der Waals surface area contributed by atoms with Gasteiger partial charge in [-0.15, -0.1) is 70.8 Å². The van der Waals surface area contributed by atoms with Gasteiger partial charge in [0.15, 0.2) is 0 Å². The molecule has 8 aromatic carbocycles. The summed E-state index contributed by atoms with van der Waals surface area (Å²) in [5, 5.41) is 26.6. The number of aliphatic hydroxyl groups is 2. The summed E-state index contributed by atoms with van der Waals surface area (Å²) in [6.07, 6.45) is 6.37. The van der Waals surface area contributed by atoms with E-state index >= 15 is 0 Å². The van der Waals surface area contributed by atoms with Crippen LogP contribution in [0.4, 0.5) is 0 Å². The third-order valence-corrected chi connectivity index (χ3v) is 11.5. The minimum absolute atomic E-state index is 0. The van der Waals surface area contributed by atoms with Gasteiger partial charge in [-0.05, 0) is 103 Å². The topological polar surface area (TPSA) is 109 Å². The molecule has 366 valence electrons. The molecule has 0 fully saturated rings. The standard InChI is InChI=1S/C29H24N.C25H16N.2C5H8O2.2Ir/c1-29(2,3)24-13-15-25-22(19-24)12-14-27-26(25)16-17-30-28(27)23-11-7-10-21(18-23)20-8-5-4-6-9-20;1-2-7-18(8-3-1)20-10-6-11-21(17-20)25-24-14-13-19-9-4-5-12-22(19)23(24)15-16-26-25;2*1-4(6)3-5(2)7;;/h4-10,12-19H,1-3H3;1-10,12-17H;2*3,6H,1-2H3;;/q2*-1;;;;/p+2. The number of hydrogen-bond acceptors (Lipinski definition) is 4. The third kappa shape index (κ3) is 14.5. The first-order valence-electron chi connectivity index (χ1n) is 23.2. The third-order valence-electron chi connectivity index (χ3n) is 11.5. The van der Waals surface area contributed by atoms with Gasteiger partial charge in [0, 0.05) is 52.6 Å². The number of fused-ring (bicyclic) bond motifs is 6. The van der Waals surface area contributed by atoms with Crippen molar-refractivity contribution in [1.82, 2.24) is 9.97 Å². The van der Waals surface area contributed by atoms with Gasteiger partial charge in [0.05, 0.1) is 37.5 Å². The second kappa shape index (κ2) is 25.8. The first kappa shape index (κ1) is 55.7. The van der Waals surface area contributed by atoms with Crippen molar-refractivity contribution in [3.63, 3.8) is 0 Å². The zero-order valence-corrected chi connectivity index (χ0v) is 46.2. The molecule has 0 amide bonds. The van der Waals surface area contributed by atoms with Crippen molar-refractivity contribution in [2.45, 2.75) is 53.9 Å². The van der Waals surface area contributed by atoms with Gasteiger partial charge in [-0.25, -0.2) is 0 Å². The maximum Gasteiger partial charge on any atom is 0.316 e. The van der Waals surface area contributed by atoms with E-state index in [9.17, 15) is 0 Å². The van der Waals surface area contributed by atoms with Gasteiger partial charge < -0.3 is 20.2 Å². The Morgan fingerprint density at radius 2 is 0.861 bits per heavy atom. The molecule has 0 aliphatic carbocycles. The van der Waals surface area contributed by atoms with Crippen molar-refractivity contribution in [1.29, 1.82) is 0 Å². The number of nitrogens with zero attached hydrogens (tertiary/aromatic N) is 2. The summed E-state index contributed by atoms with van der Waals surface area (Å²) >= 11 is 0. The van der Waals surface area contributed by atoms with Crippen LogP contribution in [0.15, 0.2) is 212 Å². The summed E-state index contributed by atoms with van der Waals surface area (Å²) in [7, 11) is 0. The van der Waals surface area contributed by atoms with Crippen LogP contribution < -0.4 is 0 Å². The minimum atomic E-state index is 0. The molecule has 0 aliphatic rings. The first-order chi connectivity index (χ1) is 33.7. The van der Waals surface area contributed by atoms with E-state index in [0.29, 0.717) is 0 Å². The summed E-state index contributed by atoms with van der Waals surface area (Å²) < 4.78 is 0. The molecule has 0 saturated carbocycles. The fraction of sp³-hybridized carbons (Fsp3) is 0.125. The molecule has 2 aromatic heterocycles. The zero-order chi connectivity index (χ0) is 49.8. The summed E-state index contributed by atoms with van der Waals surface area (Å²) in [6.45, 7) is 12.8. The fourth-order valence-corrected chi connectivity index (χ4v) is 8.26. The Morgan fingerprint density at radius 1 is 0.444 bits per heavy atom. The first-order valence-corrected chi connectivity index (χ1v) is 23.2. The van der Waals surface area contributed by atoms with E-state index in [1.165, 1.54) is 100.0 Å². The van der Waals surface area contributed by atoms with Crippen molar-refractivity contribution in [2.24, 2.45) is 0 Å². The van der Waals surface area contributed by atoms with Crippen molar-refractivity contribution in [2.75, 3.05) is 0 Å². The smallest absolute Gasteiger partial charge is 0.316 e. The number of rotatable bonds is 6. The number of hydrogen-bond donors (Lipinski definition) is 2. The number of ketones is 2. The SMILES string of the molecule is CC(=[OH+])C=C(C)O.CC(=[OH+])C=C(C)O.CC(C)(C)c1ccc2c(ccc3c(-c4[c-]ccc(-c5ccccc5)c4)nccc32)c1.[Ir].[Ir].[c-]1ccc(-c2ccccc2)cc1-c1nccc2c1ccc1ccccc12. The average Bonchev–Trinajstić information content (AvgIpc) is 3.36. The van der Waals surface area contributed by atoms with E-state index in [-0.39, 0.29) is 68.7 Å². The van der Waals surface area contributed by atoms with Gasteiger partial charge in [-0.3, -0.25) is 9.59 Å². The van der Waals surface area contributed by atoms with Gasteiger partial charge in [0.1, 0.15) is 0 Å². The Kier molecular flexibility index (Phi) is 20.0. The molecule has 0 atom stereocenters. The van der Waals surface area contributed by atoms with Crippen LogP contribution in [0, 0.1) is 12.1 Å². The van der Waals surface area contributed by atoms with Crippen molar-refractivity contribution in [3.8, 4) is 44.8 Å². The molecule has 0 bridgehead atoms. The number of pyridine rings is 2. The Hall–Kier alpha value is -7.18. The van der Waals surface area contributed by atoms with E-state index in [4.69, 9.17) is 24.8 Å². The van der Waals surface area contributed by atoms with Crippen LogP contribution in [0.3, 0.4) is 0 Å². The normalized spacial score (nSPS) is 11.2. The van der Waals surface area contributed by atoms with E-state index < -0.39 is 0 Å². The fourth-order valence-electron chi connectivity index (χ4n) is 8.26.